The average Bonchev–Trinajstić information content (AvgIpc) is 2.48. The maximum Gasteiger partial charge on any atom is 0.337 e. The summed E-state index contributed by atoms with van der Waals surface area (Å²) in [6, 6.07) is 6.61. The van der Waals surface area contributed by atoms with Crippen LogP contribution in [0.3, 0.4) is 0 Å². The van der Waals surface area contributed by atoms with Crippen LogP contribution < -0.4 is 5.32 Å². The fourth-order valence-electron chi connectivity index (χ4n) is 2.58. The Kier molecular flexibility index (Phi) is 5.20. The third kappa shape index (κ3) is 3.85. The number of methoxy groups -OCH3 is 1. The highest BCUT2D eigenvalue weighted by Crippen LogP contribution is 2.18. The number of nitrogens with zero attached hydrogens (tertiary/aromatic N) is 1. The molecule has 1 heterocycles. The largest absolute Gasteiger partial charge is 0.465 e. The van der Waals surface area contributed by atoms with Crippen molar-refractivity contribution in [3.63, 3.8) is 0 Å². The minimum Gasteiger partial charge on any atom is -0.465 e. The Morgan fingerprint density at radius 3 is 2.82 bits per heavy atom. The molecule has 0 amide bonds. The van der Waals surface area contributed by atoms with Crippen LogP contribution in [0.5, 0.6) is 0 Å². The molecule has 1 aliphatic heterocycles. The van der Waals surface area contributed by atoms with Crippen molar-refractivity contribution >= 4 is 16.0 Å². The zero-order chi connectivity index (χ0) is 16.3. The fraction of sp³-hybridized carbons (Fsp3) is 0.533. The summed E-state index contributed by atoms with van der Waals surface area (Å²) >= 11 is 0. The minimum atomic E-state index is -3.43. The molecule has 2 atom stereocenters. The van der Waals surface area contributed by atoms with E-state index in [1.807, 2.05) is 13.8 Å². The van der Waals surface area contributed by atoms with E-state index in [9.17, 15) is 13.2 Å². The summed E-state index contributed by atoms with van der Waals surface area (Å²) in [6.45, 7) is 4.95. The van der Waals surface area contributed by atoms with Gasteiger partial charge in [0.1, 0.15) is 0 Å². The van der Waals surface area contributed by atoms with Crippen LogP contribution in [0.25, 0.3) is 0 Å². The highest BCUT2D eigenvalue weighted by Gasteiger charge is 2.32. The Balaban J connectivity index is 2.19. The molecule has 1 aliphatic rings. The molecule has 2 rings (SSSR count). The Morgan fingerprint density at radius 2 is 2.14 bits per heavy atom. The van der Waals surface area contributed by atoms with Crippen molar-refractivity contribution in [1.29, 1.82) is 0 Å². The quantitative estimate of drug-likeness (QED) is 0.835. The summed E-state index contributed by atoms with van der Waals surface area (Å²) in [5.41, 5.74) is 0.943. The lowest BCUT2D eigenvalue weighted by Gasteiger charge is -2.36. The summed E-state index contributed by atoms with van der Waals surface area (Å²) < 4.78 is 31.5. The van der Waals surface area contributed by atoms with Gasteiger partial charge < -0.3 is 10.1 Å². The van der Waals surface area contributed by atoms with Crippen molar-refractivity contribution in [3.05, 3.63) is 35.4 Å². The number of rotatable bonds is 4. The summed E-state index contributed by atoms with van der Waals surface area (Å²) in [4.78, 5) is 11.5. The molecule has 0 aromatic heterocycles. The monoisotopic (exact) mass is 326 g/mol. The van der Waals surface area contributed by atoms with E-state index in [0.717, 1.165) is 0 Å². The Bertz CT molecular complexity index is 645. The number of esters is 1. The van der Waals surface area contributed by atoms with Gasteiger partial charge in [-0.15, -0.1) is 0 Å². The molecule has 0 bridgehead atoms. The summed E-state index contributed by atoms with van der Waals surface area (Å²) in [6.07, 6.45) is 0. The zero-order valence-electron chi connectivity index (χ0n) is 13.1. The standard InChI is InChI=1S/C15H22N2O4S/c1-11-9-17(12(2)8-16-11)22(19,20)10-13-5-4-6-14(7-13)15(18)21-3/h4-7,11-12,16H,8-10H2,1-3H3. The molecule has 0 spiro atoms. The first kappa shape index (κ1) is 16.9. The van der Waals surface area contributed by atoms with Crippen molar-refractivity contribution in [1.82, 2.24) is 9.62 Å². The SMILES string of the molecule is COC(=O)c1cccc(CS(=O)(=O)N2CC(C)NCC2C)c1. The van der Waals surface area contributed by atoms with Crippen LogP contribution in [-0.2, 0) is 20.5 Å². The topological polar surface area (TPSA) is 75.7 Å². The Morgan fingerprint density at radius 1 is 1.41 bits per heavy atom. The van der Waals surface area contributed by atoms with E-state index >= 15 is 0 Å². The lowest BCUT2D eigenvalue weighted by atomic mass is 10.1. The van der Waals surface area contributed by atoms with Crippen LogP contribution in [0.1, 0.15) is 29.8 Å². The Hall–Kier alpha value is -1.44. The van der Waals surface area contributed by atoms with Gasteiger partial charge in [0.2, 0.25) is 10.0 Å². The van der Waals surface area contributed by atoms with Gasteiger partial charge in [0.25, 0.3) is 0 Å². The van der Waals surface area contributed by atoms with E-state index in [1.165, 1.54) is 7.11 Å². The van der Waals surface area contributed by atoms with Gasteiger partial charge in [-0.3, -0.25) is 0 Å². The van der Waals surface area contributed by atoms with E-state index in [1.54, 1.807) is 28.6 Å². The maximum atomic E-state index is 12.6. The normalized spacial score (nSPS) is 23.2. The first-order valence-corrected chi connectivity index (χ1v) is 8.84. The minimum absolute atomic E-state index is 0.0787. The molecule has 1 N–H and O–H groups in total. The third-order valence-corrected chi connectivity index (χ3v) is 5.68. The smallest absolute Gasteiger partial charge is 0.337 e. The van der Waals surface area contributed by atoms with E-state index in [2.05, 4.69) is 10.1 Å². The van der Waals surface area contributed by atoms with E-state index in [0.29, 0.717) is 24.2 Å². The third-order valence-electron chi connectivity index (χ3n) is 3.76. The molecule has 1 aromatic carbocycles. The van der Waals surface area contributed by atoms with Gasteiger partial charge >= 0.3 is 5.97 Å². The lowest BCUT2D eigenvalue weighted by molar-refractivity contribution is 0.0600. The molecule has 7 heteroatoms. The molecular weight excluding hydrogens is 304 g/mol. The second-order valence-electron chi connectivity index (χ2n) is 5.68. The van der Waals surface area contributed by atoms with E-state index in [4.69, 9.17) is 0 Å². The number of benzene rings is 1. The molecule has 1 fully saturated rings. The van der Waals surface area contributed by atoms with Crippen molar-refractivity contribution in [3.8, 4) is 0 Å². The van der Waals surface area contributed by atoms with E-state index < -0.39 is 16.0 Å². The highest BCUT2D eigenvalue weighted by atomic mass is 32.2. The van der Waals surface area contributed by atoms with Crippen LogP contribution in [0.2, 0.25) is 0 Å². The predicted octanol–water partition coefficient (Wildman–Crippen LogP) is 0.985. The highest BCUT2D eigenvalue weighted by molar-refractivity contribution is 7.88. The van der Waals surface area contributed by atoms with Gasteiger partial charge in [-0.2, -0.15) is 4.31 Å². The number of ether oxygens (including phenoxy) is 1. The molecule has 0 radical (unpaired) electrons. The van der Waals surface area contributed by atoms with Crippen molar-refractivity contribution in [2.45, 2.75) is 31.7 Å². The molecular formula is C15H22N2O4S. The van der Waals surface area contributed by atoms with Gasteiger partial charge in [0, 0.05) is 25.2 Å². The number of nitrogens with one attached hydrogen (secondary N) is 1. The predicted molar refractivity (Wildman–Crippen MR) is 84.0 cm³/mol. The number of hydrogen-bond donors (Lipinski definition) is 1. The van der Waals surface area contributed by atoms with Gasteiger partial charge in [-0.25, -0.2) is 13.2 Å². The van der Waals surface area contributed by atoms with E-state index in [-0.39, 0.29) is 17.8 Å². The molecule has 0 saturated carbocycles. The Labute approximate surface area is 131 Å². The van der Waals surface area contributed by atoms with Gasteiger partial charge in [-0.1, -0.05) is 12.1 Å². The first-order valence-electron chi connectivity index (χ1n) is 7.23. The second kappa shape index (κ2) is 6.76. The fourth-order valence-corrected chi connectivity index (χ4v) is 4.42. The van der Waals surface area contributed by atoms with Crippen molar-refractivity contribution in [2.24, 2.45) is 0 Å². The lowest BCUT2D eigenvalue weighted by Crippen LogP contribution is -2.56. The summed E-state index contributed by atoms with van der Waals surface area (Å²) in [5, 5.41) is 3.26. The number of sulfonamides is 1. The van der Waals surface area contributed by atoms with Crippen molar-refractivity contribution in [2.75, 3.05) is 20.2 Å². The van der Waals surface area contributed by atoms with Gasteiger partial charge in [0.05, 0.1) is 18.4 Å². The van der Waals surface area contributed by atoms with Crippen LogP contribution in [0.4, 0.5) is 0 Å². The molecule has 22 heavy (non-hydrogen) atoms. The molecule has 1 saturated heterocycles. The zero-order valence-corrected chi connectivity index (χ0v) is 13.9. The van der Waals surface area contributed by atoms with Crippen LogP contribution in [0, 0.1) is 0 Å². The number of carbonyl (C=O) groups is 1. The van der Waals surface area contributed by atoms with Crippen molar-refractivity contribution < 1.29 is 17.9 Å². The number of hydrogen-bond acceptors (Lipinski definition) is 5. The first-order chi connectivity index (χ1) is 10.3. The van der Waals surface area contributed by atoms with Crippen LogP contribution in [-0.4, -0.2) is 51.0 Å². The molecule has 6 nitrogen and oxygen atoms in total. The van der Waals surface area contributed by atoms with Crippen LogP contribution >= 0.6 is 0 Å². The molecule has 1 aromatic rings. The van der Waals surface area contributed by atoms with Gasteiger partial charge in [0.15, 0.2) is 0 Å². The molecule has 0 aliphatic carbocycles. The summed E-state index contributed by atoms with van der Waals surface area (Å²) in [7, 11) is -2.13. The van der Waals surface area contributed by atoms with Crippen LogP contribution in [0.15, 0.2) is 24.3 Å². The number of carbonyl (C=O) groups excluding carboxylic acids is 1. The average molecular weight is 326 g/mol. The maximum absolute atomic E-state index is 12.6. The second-order valence-corrected chi connectivity index (χ2v) is 7.60. The molecule has 122 valence electrons. The number of piperazine rings is 1. The molecule has 2 unspecified atom stereocenters. The van der Waals surface area contributed by atoms with Gasteiger partial charge in [-0.05, 0) is 31.5 Å². The summed E-state index contributed by atoms with van der Waals surface area (Å²) in [5.74, 6) is -0.585.